The first-order valence-electron chi connectivity index (χ1n) is 10.0. The van der Waals surface area contributed by atoms with Gasteiger partial charge in [-0.3, -0.25) is 9.59 Å². The Morgan fingerprint density at radius 2 is 1.93 bits per heavy atom. The van der Waals surface area contributed by atoms with Gasteiger partial charge in [0.2, 0.25) is 5.91 Å². The van der Waals surface area contributed by atoms with Crippen molar-refractivity contribution >= 4 is 17.5 Å². The van der Waals surface area contributed by atoms with E-state index in [0.29, 0.717) is 25.1 Å². The van der Waals surface area contributed by atoms with E-state index < -0.39 is 5.82 Å². The van der Waals surface area contributed by atoms with Crippen molar-refractivity contribution in [1.29, 1.82) is 0 Å². The second kappa shape index (κ2) is 7.85. The highest BCUT2D eigenvalue weighted by atomic mass is 19.1. The number of carbonyl (C=O) groups is 2. The summed E-state index contributed by atoms with van der Waals surface area (Å²) in [5.41, 5.74) is 3.51. The number of benzene rings is 2. The Labute approximate surface area is 169 Å². The molecular formula is C23H25FN2O3. The number of fused-ring (bicyclic) bond motifs is 1. The Bertz CT molecular complexity index is 951. The number of hydrogen-bond acceptors (Lipinski definition) is 3. The number of nitrogens with zero attached hydrogens (tertiary/aromatic N) is 1. The monoisotopic (exact) mass is 396 g/mol. The molecule has 1 N–H and O–H groups in total. The maximum absolute atomic E-state index is 13.8. The van der Waals surface area contributed by atoms with Crippen molar-refractivity contribution in [2.45, 2.75) is 45.2 Å². The van der Waals surface area contributed by atoms with Gasteiger partial charge in [-0.2, -0.15) is 0 Å². The maximum atomic E-state index is 13.8. The highest BCUT2D eigenvalue weighted by Crippen LogP contribution is 2.34. The summed E-state index contributed by atoms with van der Waals surface area (Å²) >= 11 is 0. The molecule has 2 amide bonds. The minimum Gasteiger partial charge on any atom is -0.494 e. The number of carbonyl (C=O) groups excluding carboxylic acids is 2. The number of ether oxygens (including phenoxy) is 1. The molecule has 1 heterocycles. The van der Waals surface area contributed by atoms with Crippen molar-refractivity contribution in [3.63, 3.8) is 0 Å². The van der Waals surface area contributed by atoms with Crippen LogP contribution in [-0.2, 0) is 11.3 Å². The van der Waals surface area contributed by atoms with Crippen LogP contribution in [0.2, 0.25) is 0 Å². The lowest BCUT2D eigenvalue weighted by Crippen LogP contribution is -2.40. The predicted molar refractivity (Wildman–Crippen MR) is 108 cm³/mol. The van der Waals surface area contributed by atoms with Gasteiger partial charge in [-0.15, -0.1) is 0 Å². The standard InChI is InChI=1S/C23H25FN2O3/c1-14-4-3-5-18-19(14)13-26(23(18)28)17-9-6-15(7-10-17)22(27)25-16-8-11-21(29-2)20(24)12-16/h3-5,8,11-12,15,17H,6-7,9-10,13H2,1-2H3,(H,25,27). The van der Waals surface area contributed by atoms with Gasteiger partial charge in [-0.25, -0.2) is 4.39 Å². The fraction of sp³-hybridized carbons (Fsp3) is 0.391. The van der Waals surface area contributed by atoms with E-state index in [1.54, 1.807) is 6.07 Å². The minimum atomic E-state index is -0.503. The first-order valence-corrected chi connectivity index (χ1v) is 10.0. The van der Waals surface area contributed by atoms with E-state index in [1.807, 2.05) is 30.0 Å². The molecule has 1 fully saturated rings. The summed E-state index contributed by atoms with van der Waals surface area (Å²) in [7, 11) is 1.40. The molecule has 1 aliphatic heterocycles. The maximum Gasteiger partial charge on any atom is 0.254 e. The zero-order valence-corrected chi connectivity index (χ0v) is 16.7. The van der Waals surface area contributed by atoms with Crippen molar-refractivity contribution in [2.24, 2.45) is 5.92 Å². The molecule has 0 saturated heterocycles. The van der Waals surface area contributed by atoms with Gasteiger partial charge in [0.05, 0.1) is 7.11 Å². The van der Waals surface area contributed by atoms with Crippen LogP contribution in [0.4, 0.5) is 10.1 Å². The summed E-state index contributed by atoms with van der Waals surface area (Å²) in [5.74, 6) is -0.477. The number of rotatable bonds is 4. The van der Waals surface area contributed by atoms with Gasteiger partial charge in [0, 0.05) is 35.8 Å². The van der Waals surface area contributed by atoms with E-state index in [2.05, 4.69) is 5.32 Å². The number of hydrogen-bond donors (Lipinski definition) is 1. The fourth-order valence-corrected chi connectivity index (χ4v) is 4.44. The van der Waals surface area contributed by atoms with Gasteiger partial charge >= 0.3 is 0 Å². The molecule has 152 valence electrons. The Morgan fingerprint density at radius 1 is 1.17 bits per heavy atom. The van der Waals surface area contributed by atoms with Gasteiger partial charge in [-0.1, -0.05) is 12.1 Å². The van der Waals surface area contributed by atoms with Crippen LogP contribution in [0.3, 0.4) is 0 Å². The smallest absolute Gasteiger partial charge is 0.254 e. The van der Waals surface area contributed by atoms with E-state index in [9.17, 15) is 14.0 Å². The van der Waals surface area contributed by atoms with Crippen LogP contribution in [0.5, 0.6) is 5.75 Å². The van der Waals surface area contributed by atoms with E-state index in [-0.39, 0.29) is 29.5 Å². The van der Waals surface area contributed by atoms with Crippen molar-refractivity contribution in [3.05, 3.63) is 58.9 Å². The Kier molecular flexibility index (Phi) is 5.26. The van der Waals surface area contributed by atoms with E-state index in [1.165, 1.54) is 19.2 Å². The molecule has 6 heteroatoms. The second-order valence-electron chi connectivity index (χ2n) is 7.88. The predicted octanol–water partition coefficient (Wildman–Crippen LogP) is 4.30. The van der Waals surface area contributed by atoms with E-state index in [4.69, 9.17) is 4.74 Å². The van der Waals surface area contributed by atoms with Crippen LogP contribution >= 0.6 is 0 Å². The SMILES string of the molecule is COc1ccc(NC(=O)C2CCC(N3Cc4c(C)cccc4C3=O)CC2)cc1F. The third-order valence-corrected chi connectivity index (χ3v) is 6.16. The molecule has 29 heavy (non-hydrogen) atoms. The van der Waals surface area contributed by atoms with Crippen LogP contribution in [0, 0.1) is 18.7 Å². The zero-order valence-electron chi connectivity index (χ0n) is 16.7. The molecule has 0 spiro atoms. The number of halogens is 1. The van der Waals surface area contributed by atoms with Gasteiger partial charge in [0.1, 0.15) is 0 Å². The highest BCUT2D eigenvalue weighted by Gasteiger charge is 2.36. The van der Waals surface area contributed by atoms with Crippen LogP contribution < -0.4 is 10.1 Å². The third-order valence-electron chi connectivity index (χ3n) is 6.16. The molecule has 0 unspecified atom stereocenters. The lowest BCUT2D eigenvalue weighted by Gasteiger charge is -2.34. The van der Waals surface area contributed by atoms with Crippen molar-refractivity contribution in [2.75, 3.05) is 12.4 Å². The molecule has 0 aromatic heterocycles. The lowest BCUT2D eigenvalue weighted by atomic mass is 9.84. The first-order chi connectivity index (χ1) is 14.0. The molecule has 1 aliphatic carbocycles. The largest absolute Gasteiger partial charge is 0.494 e. The van der Waals surface area contributed by atoms with Gasteiger partial charge in [-0.05, 0) is 61.9 Å². The molecule has 2 aromatic carbocycles. The van der Waals surface area contributed by atoms with Crippen molar-refractivity contribution in [3.8, 4) is 5.75 Å². The molecule has 0 atom stereocenters. The summed E-state index contributed by atoms with van der Waals surface area (Å²) in [6.07, 6.45) is 3.03. The highest BCUT2D eigenvalue weighted by molar-refractivity contribution is 5.99. The fourth-order valence-electron chi connectivity index (χ4n) is 4.44. The Hall–Kier alpha value is -2.89. The van der Waals surface area contributed by atoms with Gasteiger partial charge in [0.15, 0.2) is 11.6 Å². The molecule has 0 bridgehead atoms. The lowest BCUT2D eigenvalue weighted by molar-refractivity contribution is -0.121. The summed E-state index contributed by atoms with van der Waals surface area (Å²) in [4.78, 5) is 27.4. The van der Waals surface area contributed by atoms with E-state index in [0.717, 1.165) is 29.5 Å². The second-order valence-corrected chi connectivity index (χ2v) is 7.88. The Morgan fingerprint density at radius 3 is 2.59 bits per heavy atom. The van der Waals surface area contributed by atoms with Crippen LogP contribution in [0.25, 0.3) is 0 Å². The summed E-state index contributed by atoms with van der Waals surface area (Å²) in [5, 5.41) is 2.80. The number of anilines is 1. The number of aryl methyl sites for hydroxylation is 1. The summed E-state index contributed by atoms with van der Waals surface area (Å²) in [6, 6.07) is 10.4. The van der Waals surface area contributed by atoms with Gasteiger partial charge < -0.3 is 15.0 Å². The molecule has 4 rings (SSSR count). The minimum absolute atomic E-state index is 0.0973. The van der Waals surface area contributed by atoms with Crippen molar-refractivity contribution < 1.29 is 18.7 Å². The zero-order chi connectivity index (χ0) is 20.5. The van der Waals surface area contributed by atoms with Crippen LogP contribution in [0.1, 0.15) is 47.2 Å². The van der Waals surface area contributed by atoms with Gasteiger partial charge in [0.25, 0.3) is 5.91 Å². The molecule has 2 aliphatic rings. The van der Waals surface area contributed by atoms with Crippen LogP contribution in [-0.4, -0.2) is 29.9 Å². The van der Waals surface area contributed by atoms with E-state index >= 15 is 0 Å². The summed E-state index contributed by atoms with van der Waals surface area (Å²) in [6.45, 7) is 2.70. The molecule has 2 aromatic rings. The average molecular weight is 396 g/mol. The normalized spacial score (nSPS) is 21.1. The molecule has 5 nitrogen and oxygen atoms in total. The average Bonchev–Trinajstić information content (AvgIpc) is 3.06. The molecular weight excluding hydrogens is 371 g/mol. The van der Waals surface area contributed by atoms with Crippen molar-refractivity contribution in [1.82, 2.24) is 4.90 Å². The molecule has 1 saturated carbocycles. The quantitative estimate of drug-likeness (QED) is 0.838. The topological polar surface area (TPSA) is 58.6 Å². The number of methoxy groups -OCH3 is 1. The van der Waals surface area contributed by atoms with Crippen LogP contribution in [0.15, 0.2) is 36.4 Å². The number of nitrogens with one attached hydrogen (secondary N) is 1. The number of amides is 2. The molecule has 0 radical (unpaired) electrons. The first kappa shape index (κ1) is 19.4. The Balaban J connectivity index is 1.35. The summed E-state index contributed by atoms with van der Waals surface area (Å²) < 4.78 is 18.7. The third kappa shape index (κ3) is 3.71.